The number of benzene rings is 1. The number of aliphatic hydroxyl groups is 1. The van der Waals surface area contributed by atoms with Crippen LogP contribution in [0.2, 0.25) is 5.02 Å². The van der Waals surface area contributed by atoms with Crippen LogP contribution in [-0.4, -0.2) is 38.6 Å². The number of hydrogen-bond donors (Lipinski definition) is 1. The Balaban J connectivity index is 1.37. The van der Waals surface area contributed by atoms with Gasteiger partial charge in [-0.25, -0.2) is 4.98 Å². The van der Waals surface area contributed by atoms with Gasteiger partial charge in [0.2, 0.25) is 5.91 Å². The quantitative estimate of drug-likeness (QED) is 0.726. The average molecular weight is 402 g/mol. The number of piperidine rings is 1. The van der Waals surface area contributed by atoms with E-state index < -0.39 is 5.60 Å². The fourth-order valence-corrected chi connectivity index (χ4v) is 4.39. The van der Waals surface area contributed by atoms with Gasteiger partial charge in [-0.15, -0.1) is 11.3 Å². The lowest BCUT2D eigenvalue weighted by Gasteiger charge is -2.38. The Morgan fingerprint density at radius 1 is 1.19 bits per heavy atom. The lowest BCUT2D eigenvalue weighted by Crippen LogP contribution is -2.45. The van der Waals surface area contributed by atoms with Crippen molar-refractivity contribution in [1.29, 1.82) is 0 Å². The van der Waals surface area contributed by atoms with E-state index >= 15 is 0 Å². The molecule has 3 aromatic rings. The Hall–Kier alpha value is -2.15. The van der Waals surface area contributed by atoms with Crippen LogP contribution in [0.15, 0.2) is 55.0 Å². The van der Waals surface area contributed by atoms with Crippen LogP contribution in [0.3, 0.4) is 0 Å². The molecule has 1 aromatic carbocycles. The molecule has 140 valence electrons. The number of carbonyl (C=O) groups excluding carboxylic acids is 1. The maximum atomic E-state index is 12.7. The number of aromatic nitrogens is 2. The monoisotopic (exact) mass is 401 g/mol. The van der Waals surface area contributed by atoms with Crippen LogP contribution in [0, 0.1) is 0 Å². The fourth-order valence-electron chi connectivity index (χ4n) is 3.40. The standard InChI is InChI=1S/C20H20ClN3O2S/c21-16-5-3-15(4-6-16)20(26)7-11-23(12-8-20)18(25)13-17-14-22-19(27-17)24-9-1-2-10-24/h1-6,9-10,14,26H,7-8,11-13H2. The van der Waals surface area contributed by atoms with Gasteiger partial charge in [-0.1, -0.05) is 23.7 Å². The van der Waals surface area contributed by atoms with E-state index in [1.165, 1.54) is 11.3 Å². The highest BCUT2D eigenvalue weighted by Crippen LogP contribution is 2.33. The second-order valence-corrected chi connectivity index (χ2v) is 8.33. The Kier molecular flexibility index (Phi) is 5.04. The van der Waals surface area contributed by atoms with Gasteiger partial charge >= 0.3 is 0 Å². The molecule has 0 spiro atoms. The van der Waals surface area contributed by atoms with Crippen molar-refractivity contribution in [2.45, 2.75) is 24.9 Å². The topological polar surface area (TPSA) is 58.4 Å². The minimum absolute atomic E-state index is 0.0795. The molecule has 1 aliphatic heterocycles. The van der Waals surface area contributed by atoms with E-state index in [0.717, 1.165) is 15.6 Å². The van der Waals surface area contributed by atoms with Gasteiger partial charge in [-0.2, -0.15) is 0 Å². The summed E-state index contributed by atoms with van der Waals surface area (Å²) in [5.41, 5.74) is -0.0363. The molecule has 0 radical (unpaired) electrons. The molecule has 1 fully saturated rings. The van der Waals surface area contributed by atoms with Crippen LogP contribution in [0.5, 0.6) is 0 Å². The Morgan fingerprint density at radius 3 is 2.52 bits per heavy atom. The smallest absolute Gasteiger partial charge is 0.227 e. The zero-order valence-corrected chi connectivity index (χ0v) is 16.3. The molecule has 1 N–H and O–H groups in total. The summed E-state index contributed by atoms with van der Waals surface area (Å²) >= 11 is 7.46. The third kappa shape index (κ3) is 3.93. The summed E-state index contributed by atoms with van der Waals surface area (Å²) in [5, 5.41) is 12.5. The van der Waals surface area contributed by atoms with Crippen molar-refractivity contribution in [1.82, 2.24) is 14.5 Å². The highest BCUT2D eigenvalue weighted by Gasteiger charge is 2.35. The van der Waals surface area contributed by atoms with E-state index in [1.807, 2.05) is 46.1 Å². The number of carbonyl (C=O) groups is 1. The summed E-state index contributed by atoms with van der Waals surface area (Å²) in [6.45, 7) is 1.09. The van der Waals surface area contributed by atoms with Gasteiger partial charge in [-0.3, -0.25) is 4.79 Å². The van der Waals surface area contributed by atoms with Crippen molar-refractivity contribution in [2.24, 2.45) is 0 Å². The van der Waals surface area contributed by atoms with Crippen molar-refractivity contribution < 1.29 is 9.90 Å². The first-order valence-electron chi connectivity index (χ1n) is 8.88. The van der Waals surface area contributed by atoms with Crippen molar-refractivity contribution >= 4 is 28.8 Å². The summed E-state index contributed by atoms with van der Waals surface area (Å²) in [6, 6.07) is 11.2. The Morgan fingerprint density at radius 2 is 1.85 bits per heavy atom. The molecule has 1 saturated heterocycles. The van der Waals surface area contributed by atoms with Crippen molar-refractivity contribution in [3.63, 3.8) is 0 Å². The predicted octanol–water partition coefficient (Wildman–Crippen LogP) is 3.64. The number of likely N-dealkylation sites (tertiary alicyclic amines) is 1. The molecular formula is C20H20ClN3O2S. The van der Waals surface area contributed by atoms with Gasteiger partial charge < -0.3 is 14.6 Å². The van der Waals surface area contributed by atoms with Crippen LogP contribution in [0.1, 0.15) is 23.3 Å². The molecular weight excluding hydrogens is 382 g/mol. The van der Waals surface area contributed by atoms with E-state index in [1.54, 1.807) is 18.3 Å². The molecule has 7 heteroatoms. The van der Waals surface area contributed by atoms with Gasteiger partial charge in [0.15, 0.2) is 5.13 Å². The molecule has 0 bridgehead atoms. The summed E-state index contributed by atoms with van der Waals surface area (Å²) < 4.78 is 1.94. The number of hydrogen-bond acceptors (Lipinski definition) is 4. The molecule has 0 aliphatic carbocycles. The highest BCUT2D eigenvalue weighted by molar-refractivity contribution is 7.14. The minimum Gasteiger partial charge on any atom is -0.385 e. The largest absolute Gasteiger partial charge is 0.385 e. The third-order valence-electron chi connectivity index (χ3n) is 5.02. The zero-order valence-electron chi connectivity index (χ0n) is 14.7. The molecule has 3 heterocycles. The van der Waals surface area contributed by atoms with Crippen LogP contribution in [0.25, 0.3) is 5.13 Å². The Labute approximate surface area is 166 Å². The third-order valence-corrected chi connectivity index (χ3v) is 6.28. The zero-order chi connectivity index (χ0) is 18.9. The van der Waals surface area contributed by atoms with Gasteiger partial charge in [0.1, 0.15) is 0 Å². The number of halogens is 1. The molecule has 2 aromatic heterocycles. The molecule has 4 rings (SSSR count). The van der Waals surface area contributed by atoms with E-state index in [9.17, 15) is 9.90 Å². The summed E-state index contributed by atoms with van der Waals surface area (Å²) in [7, 11) is 0. The molecule has 1 aliphatic rings. The molecule has 0 atom stereocenters. The molecule has 5 nitrogen and oxygen atoms in total. The molecule has 0 unspecified atom stereocenters. The van der Waals surface area contributed by atoms with Gasteiger partial charge in [0.05, 0.1) is 12.0 Å². The molecule has 27 heavy (non-hydrogen) atoms. The van der Waals surface area contributed by atoms with Gasteiger partial charge in [0.25, 0.3) is 0 Å². The Bertz CT molecular complexity index is 913. The summed E-state index contributed by atoms with van der Waals surface area (Å²) in [6.07, 6.45) is 7.04. The van der Waals surface area contributed by atoms with E-state index in [2.05, 4.69) is 4.98 Å². The van der Waals surface area contributed by atoms with E-state index in [-0.39, 0.29) is 5.91 Å². The second-order valence-electron chi connectivity index (χ2n) is 6.80. The van der Waals surface area contributed by atoms with Crippen molar-refractivity contribution in [3.8, 4) is 5.13 Å². The normalized spacial score (nSPS) is 16.4. The van der Waals surface area contributed by atoms with Gasteiger partial charge in [-0.05, 0) is 42.7 Å². The van der Waals surface area contributed by atoms with Crippen LogP contribution >= 0.6 is 22.9 Å². The van der Waals surface area contributed by atoms with Gasteiger partial charge in [0, 0.05) is 41.6 Å². The second kappa shape index (κ2) is 7.46. The number of nitrogens with zero attached hydrogens (tertiary/aromatic N) is 3. The van der Waals surface area contributed by atoms with Crippen molar-refractivity contribution in [3.05, 3.63) is 70.5 Å². The van der Waals surface area contributed by atoms with E-state index in [4.69, 9.17) is 11.6 Å². The van der Waals surface area contributed by atoms with E-state index in [0.29, 0.717) is 37.4 Å². The maximum absolute atomic E-state index is 12.7. The summed E-state index contributed by atoms with van der Waals surface area (Å²) in [5.74, 6) is 0.0795. The summed E-state index contributed by atoms with van der Waals surface area (Å²) in [4.78, 5) is 19.8. The number of rotatable bonds is 4. The highest BCUT2D eigenvalue weighted by atomic mass is 35.5. The SMILES string of the molecule is O=C(Cc1cnc(-n2cccc2)s1)N1CCC(O)(c2ccc(Cl)cc2)CC1. The first kappa shape index (κ1) is 18.2. The predicted molar refractivity (Wildman–Crippen MR) is 106 cm³/mol. The maximum Gasteiger partial charge on any atom is 0.227 e. The molecule has 0 saturated carbocycles. The number of amides is 1. The van der Waals surface area contributed by atoms with Crippen molar-refractivity contribution in [2.75, 3.05) is 13.1 Å². The first-order valence-corrected chi connectivity index (χ1v) is 10.1. The molecule has 1 amide bonds. The number of thiazole rings is 1. The lowest BCUT2D eigenvalue weighted by atomic mass is 9.84. The van der Waals surface area contributed by atoms with Crippen LogP contribution in [-0.2, 0) is 16.8 Å². The minimum atomic E-state index is -0.895. The van der Waals surface area contributed by atoms with Crippen LogP contribution < -0.4 is 0 Å². The lowest BCUT2D eigenvalue weighted by molar-refractivity contribution is -0.135. The van der Waals surface area contributed by atoms with Crippen LogP contribution in [0.4, 0.5) is 0 Å². The first-order chi connectivity index (χ1) is 13.0. The fraction of sp³-hybridized carbons (Fsp3) is 0.300. The average Bonchev–Trinajstić information content (AvgIpc) is 3.34.